The van der Waals surface area contributed by atoms with E-state index in [1.165, 1.54) is 17.7 Å². The van der Waals surface area contributed by atoms with Gasteiger partial charge in [0.05, 0.1) is 11.5 Å². The number of hydrogen-bond donors (Lipinski definition) is 2. The van der Waals surface area contributed by atoms with E-state index in [2.05, 4.69) is 32.4 Å². The number of anilines is 2. The Morgan fingerprint density at radius 1 is 0.893 bits per heavy atom. The SMILES string of the molecule is CCOc1ccc(S(=O)(=O)Nc2ccc(NCCc3ccccc3)nn2)cc1. The molecule has 0 saturated heterocycles. The molecule has 0 amide bonds. The van der Waals surface area contributed by atoms with Crippen LogP contribution in [0.2, 0.25) is 0 Å². The first kappa shape index (κ1) is 19.6. The van der Waals surface area contributed by atoms with Gasteiger partial charge in [-0.25, -0.2) is 8.42 Å². The summed E-state index contributed by atoms with van der Waals surface area (Å²) in [7, 11) is -3.74. The number of nitrogens with one attached hydrogen (secondary N) is 2. The van der Waals surface area contributed by atoms with Crippen molar-refractivity contribution >= 4 is 21.7 Å². The molecule has 0 aliphatic carbocycles. The normalized spacial score (nSPS) is 11.0. The minimum atomic E-state index is -3.74. The summed E-state index contributed by atoms with van der Waals surface area (Å²) < 4.78 is 32.6. The van der Waals surface area contributed by atoms with Crippen LogP contribution in [-0.4, -0.2) is 31.8 Å². The summed E-state index contributed by atoms with van der Waals surface area (Å²) in [5.74, 6) is 1.36. The molecule has 28 heavy (non-hydrogen) atoms. The standard InChI is InChI=1S/C20H22N4O3S/c1-2-27-17-8-10-18(11-9-17)28(25,26)24-20-13-12-19(22-23-20)21-15-14-16-6-4-3-5-7-16/h3-13H,2,14-15H2,1H3,(H,21,22)(H,23,24). The van der Waals surface area contributed by atoms with Gasteiger partial charge in [-0.15, -0.1) is 10.2 Å². The van der Waals surface area contributed by atoms with Crippen molar-refractivity contribution in [2.45, 2.75) is 18.2 Å². The Morgan fingerprint density at radius 3 is 2.21 bits per heavy atom. The van der Waals surface area contributed by atoms with Gasteiger partial charge in [0.15, 0.2) is 5.82 Å². The summed E-state index contributed by atoms with van der Waals surface area (Å²) in [6.07, 6.45) is 0.856. The number of benzene rings is 2. The molecule has 8 heteroatoms. The van der Waals surface area contributed by atoms with E-state index in [9.17, 15) is 8.42 Å². The average molecular weight is 398 g/mol. The predicted octanol–water partition coefficient (Wildman–Crippen LogP) is 3.33. The number of nitrogens with zero attached hydrogens (tertiary/aromatic N) is 2. The lowest BCUT2D eigenvalue weighted by Crippen LogP contribution is -2.15. The molecule has 0 aliphatic heterocycles. The number of sulfonamides is 1. The molecule has 7 nitrogen and oxygen atoms in total. The molecule has 0 bridgehead atoms. The highest BCUT2D eigenvalue weighted by atomic mass is 32.2. The van der Waals surface area contributed by atoms with Crippen molar-refractivity contribution in [2.75, 3.05) is 23.2 Å². The average Bonchev–Trinajstić information content (AvgIpc) is 2.71. The van der Waals surface area contributed by atoms with Gasteiger partial charge in [0.2, 0.25) is 0 Å². The summed E-state index contributed by atoms with van der Waals surface area (Å²) in [6.45, 7) is 3.09. The van der Waals surface area contributed by atoms with Gasteiger partial charge in [0.1, 0.15) is 11.6 Å². The highest BCUT2D eigenvalue weighted by Crippen LogP contribution is 2.18. The lowest BCUT2D eigenvalue weighted by atomic mass is 10.1. The summed E-state index contributed by atoms with van der Waals surface area (Å²) in [5, 5.41) is 11.1. The zero-order chi connectivity index (χ0) is 19.8. The third-order valence-corrected chi connectivity index (χ3v) is 5.28. The molecule has 0 atom stereocenters. The maximum atomic E-state index is 12.4. The van der Waals surface area contributed by atoms with E-state index < -0.39 is 10.0 Å². The third kappa shape index (κ3) is 5.43. The van der Waals surface area contributed by atoms with Gasteiger partial charge in [-0.2, -0.15) is 0 Å². The first-order valence-electron chi connectivity index (χ1n) is 8.94. The summed E-state index contributed by atoms with van der Waals surface area (Å²) >= 11 is 0. The van der Waals surface area contributed by atoms with Crippen LogP contribution < -0.4 is 14.8 Å². The van der Waals surface area contributed by atoms with Gasteiger partial charge in [-0.3, -0.25) is 4.72 Å². The van der Waals surface area contributed by atoms with Crippen LogP contribution in [0.15, 0.2) is 71.6 Å². The van der Waals surface area contributed by atoms with Crippen LogP contribution in [0.5, 0.6) is 5.75 Å². The second kappa shape index (κ2) is 9.18. The predicted molar refractivity (Wildman–Crippen MR) is 109 cm³/mol. The number of ether oxygens (including phenoxy) is 1. The maximum Gasteiger partial charge on any atom is 0.263 e. The highest BCUT2D eigenvalue weighted by molar-refractivity contribution is 7.92. The number of rotatable bonds is 9. The minimum absolute atomic E-state index is 0.128. The fourth-order valence-corrected chi connectivity index (χ4v) is 3.54. The van der Waals surface area contributed by atoms with Gasteiger partial charge in [-0.05, 0) is 55.3 Å². The molecular formula is C20H22N4O3S. The molecule has 0 fully saturated rings. The Balaban J connectivity index is 1.56. The third-order valence-electron chi connectivity index (χ3n) is 3.91. The minimum Gasteiger partial charge on any atom is -0.494 e. The van der Waals surface area contributed by atoms with Gasteiger partial charge in [0, 0.05) is 6.54 Å². The molecule has 1 heterocycles. The van der Waals surface area contributed by atoms with E-state index in [0.29, 0.717) is 24.7 Å². The Labute approximate surface area is 164 Å². The van der Waals surface area contributed by atoms with Crippen LogP contribution in [-0.2, 0) is 16.4 Å². The lowest BCUT2D eigenvalue weighted by molar-refractivity contribution is 0.340. The Hall–Kier alpha value is -3.13. The highest BCUT2D eigenvalue weighted by Gasteiger charge is 2.15. The van der Waals surface area contributed by atoms with Gasteiger partial charge < -0.3 is 10.1 Å². The Bertz CT molecular complexity index is 976. The molecule has 2 aromatic carbocycles. The molecule has 1 aromatic heterocycles. The van der Waals surface area contributed by atoms with E-state index in [1.54, 1.807) is 24.3 Å². The quantitative estimate of drug-likeness (QED) is 0.574. The summed E-state index contributed by atoms with van der Waals surface area (Å²) in [6, 6.07) is 19.6. The van der Waals surface area contributed by atoms with Crippen molar-refractivity contribution in [3.63, 3.8) is 0 Å². The van der Waals surface area contributed by atoms with Crippen molar-refractivity contribution in [3.05, 3.63) is 72.3 Å². The van der Waals surface area contributed by atoms with E-state index in [0.717, 1.165) is 6.42 Å². The van der Waals surface area contributed by atoms with E-state index in [-0.39, 0.29) is 10.7 Å². The number of aromatic nitrogens is 2. The van der Waals surface area contributed by atoms with Crippen molar-refractivity contribution < 1.29 is 13.2 Å². The first-order chi connectivity index (χ1) is 13.6. The zero-order valence-electron chi connectivity index (χ0n) is 15.5. The van der Waals surface area contributed by atoms with Crippen LogP contribution in [0.4, 0.5) is 11.6 Å². The monoisotopic (exact) mass is 398 g/mol. The first-order valence-corrected chi connectivity index (χ1v) is 10.4. The van der Waals surface area contributed by atoms with Gasteiger partial charge in [-0.1, -0.05) is 30.3 Å². The molecule has 0 radical (unpaired) electrons. The molecule has 2 N–H and O–H groups in total. The topological polar surface area (TPSA) is 93.2 Å². The van der Waals surface area contributed by atoms with E-state index in [1.807, 2.05) is 25.1 Å². The Morgan fingerprint density at radius 2 is 1.57 bits per heavy atom. The lowest BCUT2D eigenvalue weighted by Gasteiger charge is -2.09. The largest absolute Gasteiger partial charge is 0.494 e. The van der Waals surface area contributed by atoms with Crippen molar-refractivity contribution in [2.24, 2.45) is 0 Å². The van der Waals surface area contributed by atoms with E-state index >= 15 is 0 Å². The molecule has 0 saturated carbocycles. The second-order valence-electron chi connectivity index (χ2n) is 5.98. The van der Waals surface area contributed by atoms with Crippen molar-refractivity contribution in [1.29, 1.82) is 0 Å². The van der Waals surface area contributed by atoms with Crippen molar-refractivity contribution in [3.8, 4) is 5.75 Å². The zero-order valence-corrected chi connectivity index (χ0v) is 16.3. The van der Waals surface area contributed by atoms with Crippen molar-refractivity contribution in [1.82, 2.24) is 10.2 Å². The van der Waals surface area contributed by atoms with Crippen LogP contribution in [0.25, 0.3) is 0 Å². The molecule has 3 rings (SSSR count). The van der Waals surface area contributed by atoms with Crippen LogP contribution in [0, 0.1) is 0 Å². The molecule has 0 spiro atoms. The van der Waals surface area contributed by atoms with Gasteiger partial charge in [0.25, 0.3) is 10.0 Å². The molecule has 0 unspecified atom stereocenters. The second-order valence-corrected chi connectivity index (χ2v) is 7.66. The Kier molecular flexibility index (Phi) is 6.44. The fraction of sp³-hybridized carbons (Fsp3) is 0.200. The molecule has 146 valence electrons. The van der Waals surface area contributed by atoms with Crippen LogP contribution >= 0.6 is 0 Å². The molecular weight excluding hydrogens is 376 g/mol. The van der Waals surface area contributed by atoms with E-state index in [4.69, 9.17) is 4.74 Å². The summed E-state index contributed by atoms with van der Waals surface area (Å²) in [5.41, 5.74) is 1.22. The van der Waals surface area contributed by atoms with Crippen LogP contribution in [0.3, 0.4) is 0 Å². The molecule has 3 aromatic rings. The van der Waals surface area contributed by atoms with Crippen LogP contribution in [0.1, 0.15) is 12.5 Å². The fourth-order valence-electron chi connectivity index (χ4n) is 2.54. The smallest absolute Gasteiger partial charge is 0.263 e. The van der Waals surface area contributed by atoms with Gasteiger partial charge >= 0.3 is 0 Å². The molecule has 0 aliphatic rings. The number of hydrogen-bond acceptors (Lipinski definition) is 6. The summed E-state index contributed by atoms with van der Waals surface area (Å²) in [4.78, 5) is 0.128. The maximum absolute atomic E-state index is 12.4.